The number of carbonyl (C=O) groups excluding carboxylic acids is 1. The second-order valence-corrected chi connectivity index (χ2v) is 10.5. The minimum atomic E-state index is -1.46. The zero-order valence-corrected chi connectivity index (χ0v) is 20.2. The summed E-state index contributed by atoms with van der Waals surface area (Å²) < 4.78 is 46.1. The molecule has 0 N–H and O–H groups in total. The second kappa shape index (κ2) is 8.76. The molecule has 1 aliphatic heterocycles. The third-order valence-corrected chi connectivity index (χ3v) is 6.51. The molecule has 4 aromatic rings. The van der Waals surface area contributed by atoms with Crippen molar-refractivity contribution < 1.29 is 27.5 Å². The monoisotopic (exact) mass is 499 g/mol. The van der Waals surface area contributed by atoms with E-state index in [-0.39, 0.29) is 37.8 Å². The number of hydrogen-bond acceptors (Lipinski definition) is 8. The van der Waals surface area contributed by atoms with Crippen LogP contribution in [0.2, 0.25) is 0 Å². The molecule has 5 rings (SSSR count). The molecule has 0 saturated carbocycles. The first-order chi connectivity index (χ1) is 16.6. The van der Waals surface area contributed by atoms with Gasteiger partial charge < -0.3 is 13.9 Å². The van der Waals surface area contributed by atoms with Crippen LogP contribution in [0, 0.1) is 5.82 Å². The Hall–Kier alpha value is -3.24. The van der Waals surface area contributed by atoms with Gasteiger partial charge in [-0.1, -0.05) is 24.3 Å². The summed E-state index contributed by atoms with van der Waals surface area (Å²) in [6.07, 6.45) is 0.0855. The lowest BCUT2D eigenvalue weighted by molar-refractivity contribution is -0.154. The van der Waals surface area contributed by atoms with Crippen molar-refractivity contribution in [2.24, 2.45) is 0 Å². The van der Waals surface area contributed by atoms with Crippen LogP contribution in [0.15, 0.2) is 40.8 Å². The molecule has 1 saturated heterocycles. The number of fused-ring (bicyclic) bond motifs is 1. The molecule has 0 radical (unpaired) electrons. The molecule has 182 valence electrons. The van der Waals surface area contributed by atoms with E-state index in [0.717, 1.165) is 0 Å². The number of halogens is 2. The van der Waals surface area contributed by atoms with Gasteiger partial charge in [-0.05, 0) is 44.0 Å². The van der Waals surface area contributed by atoms with Gasteiger partial charge >= 0.3 is 5.97 Å². The third-order valence-electron chi connectivity index (χ3n) is 5.44. The van der Waals surface area contributed by atoms with Crippen molar-refractivity contribution in [2.75, 3.05) is 13.2 Å². The summed E-state index contributed by atoms with van der Waals surface area (Å²) in [5, 5.41) is 8.46. The number of hydrogen-bond donors (Lipinski definition) is 0. The molecule has 0 unspecified atom stereocenters. The summed E-state index contributed by atoms with van der Waals surface area (Å²) >= 11 is 1.20. The van der Waals surface area contributed by atoms with Gasteiger partial charge in [0.15, 0.2) is 5.67 Å². The first kappa shape index (κ1) is 23.5. The summed E-state index contributed by atoms with van der Waals surface area (Å²) in [6.45, 7) is 5.42. The van der Waals surface area contributed by atoms with Gasteiger partial charge in [0.05, 0.1) is 29.9 Å². The van der Waals surface area contributed by atoms with Crippen LogP contribution in [0.3, 0.4) is 0 Å². The molecular weight excluding hydrogens is 476 g/mol. The minimum absolute atomic E-state index is 0.0405. The average molecular weight is 500 g/mol. The summed E-state index contributed by atoms with van der Waals surface area (Å²) in [7, 11) is 0. The number of esters is 1. The third kappa shape index (κ3) is 4.94. The molecule has 0 bridgehead atoms. The Morgan fingerprint density at radius 2 is 1.83 bits per heavy atom. The molecule has 35 heavy (non-hydrogen) atoms. The molecule has 3 heterocycles. The SMILES string of the molecule is CC(C)(C)OC(=O)Cc1nnc(Cc2nc3ccc(-c4ccc(C5(F)COC5)cc4)c(F)c3s2)o1. The van der Waals surface area contributed by atoms with E-state index in [1.807, 2.05) is 0 Å². The van der Waals surface area contributed by atoms with Gasteiger partial charge in [0, 0.05) is 5.56 Å². The lowest BCUT2D eigenvalue weighted by atomic mass is 9.92. The number of alkyl halides is 1. The minimum Gasteiger partial charge on any atom is -0.460 e. The van der Waals surface area contributed by atoms with Crippen molar-refractivity contribution in [1.29, 1.82) is 0 Å². The zero-order chi connectivity index (χ0) is 24.8. The highest BCUT2D eigenvalue weighted by Crippen LogP contribution is 2.37. The van der Waals surface area contributed by atoms with Gasteiger partial charge in [-0.2, -0.15) is 0 Å². The highest BCUT2D eigenvalue weighted by Gasteiger charge is 2.40. The standard InChI is InChI=1S/C25H23F2N3O4S/c1-24(2,3)34-21(31)11-19-30-29-18(33-19)10-20-28-17-9-8-16(22(26)23(17)35-20)14-4-6-15(7-5-14)25(27)12-32-13-25/h4-9H,10-13H2,1-3H3. The summed E-state index contributed by atoms with van der Waals surface area (Å²) in [5.74, 6) is -0.426. The van der Waals surface area contributed by atoms with E-state index in [9.17, 15) is 9.18 Å². The smallest absolute Gasteiger partial charge is 0.315 e. The molecule has 0 atom stereocenters. The number of ether oxygens (including phenoxy) is 2. The predicted molar refractivity (Wildman–Crippen MR) is 125 cm³/mol. The van der Waals surface area contributed by atoms with Gasteiger partial charge in [-0.25, -0.2) is 13.8 Å². The van der Waals surface area contributed by atoms with E-state index in [0.29, 0.717) is 31.9 Å². The van der Waals surface area contributed by atoms with Gasteiger partial charge in [0.1, 0.15) is 22.8 Å². The van der Waals surface area contributed by atoms with Crippen LogP contribution >= 0.6 is 11.3 Å². The Morgan fingerprint density at radius 3 is 2.49 bits per heavy atom. The Kier molecular flexibility index (Phi) is 5.88. The van der Waals surface area contributed by atoms with E-state index in [2.05, 4.69) is 15.2 Å². The molecule has 2 aromatic carbocycles. The summed E-state index contributed by atoms with van der Waals surface area (Å²) in [6, 6.07) is 10.2. The van der Waals surface area contributed by atoms with Crippen LogP contribution in [-0.4, -0.2) is 40.0 Å². The van der Waals surface area contributed by atoms with Crippen molar-refractivity contribution >= 4 is 27.5 Å². The first-order valence-corrected chi connectivity index (χ1v) is 11.9. The topological polar surface area (TPSA) is 87.3 Å². The Morgan fingerprint density at radius 1 is 1.11 bits per heavy atom. The van der Waals surface area contributed by atoms with E-state index in [1.165, 1.54) is 11.3 Å². The summed E-state index contributed by atoms with van der Waals surface area (Å²) in [4.78, 5) is 16.4. The molecule has 10 heteroatoms. The number of benzene rings is 2. The van der Waals surface area contributed by atoms with Crippen LogP contribution in [0.25, 0.3) is 21.3 Å². The quantitative estimate of drug-likeness (QED) is 0.339. The maximum Gasteiger partial charge on any atom is 0.315 e. The summed E-state index contributed by atoms with van der Waals surface area (Å²) in [5.41, 5.74) is 0.0394. The maximum atomic E-state index is 15.4. The second-order valence-electron chi connectivity index (χ2n) is 9.45. The molecule has 0 spiro atoms. The maximum absolute atomic E-state index is 15.4. The van der Waals surface area contributed by atoms with Gasteiger partial charge in [0.25, 0.3) is 0 Å². The molecule has 0 aliphatic carbocycles. The number of aromatic nitrogens is 3. The van der Waals surface area contributed by atoms with Crippen molar-refractivity contribution in [2.45, 2.75) is 44.9 Å². The Bertz CT molecular complexity index is 1390. The Labute approximate surface area is 204 Å². The normalized spacial score (nSPS) is 15.2. The van der Waals surface area contributed by atoms with Crippen molar-refractivity contribution in [1.82, 2.24) is 15.2 Å². The number of carbonyl (C=O) groups is 1. The van der Waals surface area contributed by atoms with Gasteiger partial charge in [0.2, 0.25) is 11.8 Å². The van der Waals surface area contributed by atoms with Crippen molar-refractivity contribution in [3.8, 4) is 11.1 Å². The predicted octanol–water partition coefficient (Wildman–Crippen LogP) is 5.16. The van der Waals surface area contributed by atoms with E-state index in [4.69, 9.17) is 13.9 Å². The van der Waals surface area contributed by atoms with E-state index < -0.39 is 23.1 Å². The van der Waals surface area contributed by atoms with Gasteiger partial charge in [-0.3, -0.25) is 4.79 Å². The highest BCUT2D eigenvalue weighted by atomic mass is 32.1. The highest BCUT2D eigenvalue weighted by molar-refractivity contribution is 7.18. The molecular formula is C25H23F2N3O4S. The van der Waals surface area contributed by atoms with Crippen LogP contribution in [0.5, 0.6) is 0 Å². The molecule has 0 amide bonds. The van der Waals surface area contributed by atoms with Crippen molar-refractivity contribution in [3.05, 3.63) is 64.6 Å². The van der Waals surface area contributed by atoms with Crippen LogP contribution in [0.1, 0.15) is 43.1 Å². The van der Waals surface area contributed by atoms with Gasteiger partial charge in [-0.15, -0.1) is 21.5 Å². The fourth-order valence-corrected chi connectivity index (χ4v) is 4.76. The number of nitrogens with zero attached hydrogens (tertiary/aromatic N) is 3. The lowest BCUT2D eigenvalue weighted by Crippen LogP contribution is -2.42. The van der Waals surface area contributed by atoms with Crippen molar-refractivity contribution in [3.63, 3.8) is 0 Å². The Balaban J connectivity index is 1.32. The fraction of sp³-hybridized carbons (Fsp3) is 0.360. The van der Waals surface area contributed by atoms with Crippen LogP contribution < -0.4 is 0 Å². The molecule has 1 aliphatic rings. The lowest BCUT2D eigenvalue weighted by Gasteiger charge is -2.34. The largest absolute Gasteiger partial charge is 0.460 e. The zero-order valence-electron chi connectivity index (χ0n) is 19.4. The first-order valence-electron chi connectivity index (χ1n) is 11.1. The molecule has 1 fully saturated rings. The number of rotatable bonds is 6. The van der Waals surface area contributed by atoms with Crippen LogP contribution in [-0.2, 0) is 32.8 Å². The van der Waals surface area contributed by atoms with E-state index in [1.54, 1.807) is 57.2 Å². The fourth-order valence-electron chi connectivity index (χ4n) is 3.76. The molecule has 2 aromatic heterocycles. The number of thiazole rings is 1. The average Bonchev–Trinajstić information content (AvgIpc) is 3.38. The molecule has 7 nitrogen and oxygen atoms in total. The van der Waals surface area contributed by atoms with Crippen LogP contribution in [0.4, 0.5) is 8.78 Å². The van der Waals surface area contributed by atoms with E-state index >= 15 is 4.39 Å².